The Morgan fingerprint density at radius 3 is 3.08 bits per heavy atom. The number of hydrogen-bond acceptors (Lipinski definition) is 6. The molecule has 0 radical (unpaired) electrons. The van der Waals surface area contributed by atoms with E-state index in [-0.39, 0.29) is 25.9 Å². The molecule has 1 N–H and O–H groups in total. The van der Waals surface area contributed by atoms with E-state index in [1.807, 2.05) is 0 Å². The minimum atomic E-state index is -0.567. The summed E-state index contributed by atoms with van der Waals surface area (Å²) in [6, 6.07) is 7.59. The summed E-state index contributed by atoms with van der Waals surface area (Å²) in [6.45, 7) is 0.190. The first-order valence-corrected chi connectivity index (χ1v) is 8.84. The lowest BCUT2D eigenvalue weighted by atomic mass is 10.1. The standard InChI is InChI=1S/C18H14FNO5S/c19-13-3-11-6-23-9-25-17(11)12(4-13)7-24-18(22)10-1-2-15-14(5-10)20-16(21)8-26-15/h1-5H,6-9H2,(H,20,21). The van der Waals surface area contributed by atoms with E-state index in [1.165, 1.54) is 23.9 Å². The molecule has 6 nitrogen and oxygen atoms in total. The molecule has 2 heterocycles. The van der Waals surface area contributed by atoms with E-state index in [4.69, 9.17) is 14.2 Å². The van der Waals surface area contributed by atoms with Gasteiger partial charge in [0.05, 0.1) is 23.6 Å². The lowest BCUT2D eigenvalue weighted by molar-refractivity contribution is -0.113. The van der Waals surface area contributed by atoms with Crippen LogP contribution in [0.2, 0.25) is 0 Å². The van der Waals surface area contributed by atoms with Gasteiger partial charge in [0, 0.05) is 16.0 Å². The van der Waals surface area contributed by atoms with Gasteiger partial charge in [-0.15, -0.1) is 11.8 Å². The molecule has 0 fully saturated rings. The second-order valence-corrected chi connectivity index (χ2v) is 6.80. The zero-order valence-corrected chi connectivity index (χ0v) is 14.4. The van der Waals surface area contributed by atoms with Gasteiger partial charge in [-0.05, 0) is 30.3 Å². The van der Waals surface area contributed by atoms with Crippen LogP contribution in [0.1, 0.15) is 21.5 Å². The van der Waals surface area contributed by atoms with Crippen LogP contribution in [0.25, 0.3) is 0 Å². The fourth-order valence-corrected chi connectivity index (χ4v) is 3.59. The number of esters is 1. The van der Waals surface area contributed by atoms with Crippen LogP contribution >= 0.6 is 11.8 Å². The van der Waals surface area contributed by atoms with Crippen molar-refractivity contribution < 1.29 is 28.2 Å². The Labute approximate surface area is 152 Å². The smallest absolute Gasteiger partial charge is 0.338 e. The van der Waals surface area contributed by atoms with Gasteiger partial charge in [-0.25, -0.2) is 9.18 Å². The molecule has 0 aliphatic carbocycles. The largest absolute Gasteiger partial charge is 0.467 e. The first-order chi connectivity index (χ1) is 12.6. The van der Waals surface area contributed by atoms with E-state index in [1.54, 1.807) is 18.2 Å². The lowest BCUT2D eigenvalue weighted by Crippen LogP contribution is -2.19. The third-order valence-corrected chi connectivity index (χ3v) is 5.03. The Balaban J connectivity index is 1.50. The summed E-state index contributed by atoms with van der Waals surface area (Å²) in [6.07, 6.45) is 0. The van der Waals surface area contributed by atoms with E-state index in [0.717, 1.165) is 4.90 Å². The van der Waals surface area contributed by atoms with Gasteiger partial charge in [-0.2, -0.15) is 0 Å². The maximum absolute atomic E-state index is 13.7. The Hall–Kier alpha value is -2.58. The third-order valence-electron chi connectivity index (χ3n) is 3.96. The first kappa shape index (κ1) is 16.9. The van der Waals surface area contributed by atoms with Crippen LogP contribution in [-0.4, -0.2) is 24.4 Å². The molecule has 4 rings (SSSR count). The van der Waals surface area contributed by atoms with Crippen LogP contribution in [0.15, 0.2) is 35.2 Å². The topological polar surface area (TPSA) is 73.9 Å². The number of nitrogens with one attached hydrogen (secondary N) is 1. The number of halogens is 1. The van der Waals surface area contributed by atoms with E-state index < -0.39 is 11.8 Å². The van der Waals surface area contributed by atoms with Crippen molar-refractivity contribution in [2.75, 3.05) is 17.9 Å². The minimum Gasteiger partial charge on any atom is -0.467 e. The molecule has 0 bridgehead atoms. The molecule has 26 heavy (non-hydrogen) atoms. The van der Waals surface area contributed by atoms with Crippen LogP contribution in [0.4, 0.5) is 10.1 Å². The molecular formula is C18H14FNO5S. The Morgan fingerprint density at radius 1 is 1.31 bits per heavy atom. The molecule has 0 atom stereocenters. The molecular weight excluding hydrogens is 361 g/mol. The van der Waals surface area contributed by atoms with Crippen molar-refractivity contribution in [1.82, 2.24) is 0 Å². The second kappa shape index (κ2) is 6.97. The number of hydrogen-bond donors (Lipinski definition) is 1. The molecule has 2 aromatic rings. The number of carbonyl (C=O) groups excluding carboxylic acids is 2. The fourth-order valence-electron chi connectivity index (χ4n) is 2.80. The average molecular weight is 375 g/mol. The Bertz CT molecular complexity index is 901. The quantitative estimate of drug-likeness (QED) is 0.831. The highest BCUT2D eigenvalue weighted by Gasteiger charge is 2.20. The number of anilines is 1. The Morgan fingerprint density at radius 2 is 2.19 bits per heavy atom. The second-order valence-electron chi connectivity index (χ2n) is 5.79. The Kier molecular flexibility index (Phi) is 4.52. The fraction of sp³-hybridized carbons (Fsp3) is 0.222. The zero-order chi connectivity index (χ0) is 18.1. The van der Waals surface area contributed by atoms with Crippen molar-refractivity contribution in [3.8, 4) is 5.75 Å². The minimum absolute atomic E-state index is 0.0712. The van der Waals surface area contributed by atoms with Crippen LogP contribution in [0.3, 0.4) is 0 Å². The number of carbonyl (C=O) groups is 2. The van der Waals surface area contributed by atoms with Crippen molar-refractivity contribution in [1.29, 1.82) is 0 Å². The summed E-state index contributed by atoms with van der Waals surface area (Å²) in [4.78, 5) is 24.7. The average Bonchev–Trinajstić information content (AvgIpc) is 2.65. The number of benzene rings is 2. The van der Waals surface area contributed by atoms with E-state index in [0.29, 0.717) is 33.9 Å². The van der Waals surface area contributed by atoms with Crippen LogP contribution in [-0.2, 0) is 27.5 Å². The molecule has 0 aromatic heterocycles. The van der Waals surface area contributed by atoms with Gasteiger partial charge in [0.25, 0.3) is 0 Å². The molecule has 0 saturated heterocycles. The summed E-state index contributed by atoms with van der Waals surface area (Å²) in [5, 5.41) is 2.73. The number of fused-ring (bicyclic) bond motifs is 2. The van der Waals surface area contributed by atoms with Crippen LogP contribution in [0.5, 0.6) is 5.75 Å². The van der Waals surface area contributed by atoms with Crippen LogP contribution in [0, 0.1) is 5.82 Å². The van der Waals surface area contributed by atoms with Gasteiger partial charge in [0.1, 0.15) is 18.2 Å². The van der Waals surface area contributed by atoms with E-state index >= 15 is 0 Å². The molecule has 0 saturated carbocycles. The summed E-state index contributed by atoms with van der Waals surface area (Å²) in [5.41, 5.74) is 1.92. The maximum atomic E-state index is 13.7. The molecule has 1 amide bonds. The van der Waals surface area contributed by atoms with Gasteiger partial charge in [0.15, 0.2) is 6.79 Å². The first-order valence-electron chi connectivity index (χ1n) is 7.86. The molecule has 2 aromatic carbocycles. The van der Waals surface area contributed by atoms with Gasteiger partial charge in [-0.1, -0.05) is 0 Å². The van der Waals surface area contributed by atoms with Crippen molar-refractivity contribution in [3.63, 3.8) is 0 Å². The predicted octanol–water partition coefficient (Wildman–Crippen LogP) is 3.09. The van der Waals surface area contributed by atoms with Crippen molar-refractivity contribution in [3.05, 3.63) is 52.8 Å². The summed E-state index contributed by atoms with van der Waals surface area (Å²) < 4.78 is 29.6. The highest BCUT2D eigenvalue weighted by atomic mass is 32.2. The molecule has 2 aliphatic heterocycles. The van der Waals surface area contributed by atoms with Crippen molar-refractivity contribution >= 4 is 29.3 Å². The summed E-state index contributed by atoms with van der Waals surface area (Å²) in [7, 11) is 0. The van der Waals surface area contributed by atoms with E-state index in [9.17, 15) is 14.0 Å². The number of rotatable bonds is 3. The number of amides is 1. The van der Waals surface area contributed by atoms with Crippen molar-refractivity contribution in [2.45, 2.75) is 18.1 Å². The molecule has 2 aliphatic rings. The van der Waals surface area contributed by atoms with Gasteiger partial charge < -0.3 is 19.5 Å². The van der Waals surface area contributed by atoms with Gasteiger partial charge in [-0.3, -0.25) is 4.79 Å². The number of thioether (sulfide) groups is 1. The van der Waals surface area contributed by atoms with Crippen molar-refractivity contribution in [2.24, 2.45) is 0 Å². The normalized spacial score (nSPS) is 15.3. The summed E-state index contributed by atoms with van der Waals surface area (Å²) in [5.74, 6) is -0.288. The lowest BCUT2D eigenvalue weighted by Gasteiger charge is -2.21. The van der Waals surface area contributed by atoms with Gasteiger partial charge in [0.2, 0.25) is 5.91 Å². The zero-order valence-electron chi connectivity index (χ0n) is 13.5. The number of ether oxygens (including phenoxy) is 3. The van der Waals surface area contributed by atoms with E-state index in [2.05, 4.69) is 5.32 Å². The SMILES string of the molecule is O=C1CSc2ccc(C(=O)OCc3cc(F)cc4c3OCOC4)cc2N1. The van der Waals surface area contributed by atoms with Gasteiger partial charge >= 0.3 is 5.97 Å². The highest BCUT2D eigenvalue weighted by molar-refractivity contribution is 8.00. The molecule has 0 spiro atoms. The highest BCUT2D eigenvalue weighted by Crippen LogP contribution is 2.33. The van der Waals surface area contributed by atoms with Crippen LogP contribution < -0.4 is 10.1 Å². The molecule has 134 valence electrons. The maximum Gasteiger partial charge on any atom is 0.338 e. The molecule has 8 heteroatoms. The monoisotopic (exact) mass is 375 g/mol. The predicted molar refractivity (Wildman–Crippen MR) is 91.6 cm³/mol. The summed E-state index contributed by atoms with van der Waals surface area (Å²) >= 11 is 1.41. The molecule has 0 unspecified atom stereocenters. The third kappa shape index (κ3) is 3.38.